The van der Waals surface area contributed by atoms with E-state index < -0.39 is 0 Å². The van der Waals surface area contributed by atoms with Crippen LogP contribution in [0.4, 0.5) is 0 Å². The van der Waals surface area contributed by atoms with Crippen molar-refractivity contribution in [3.8, 4) is 5.75 Å². The van der Waals surface area contributed by atoms with Crippen molar-refractivity contribution in [3.05, 3.63) is 29.8 Å². The van der Waals surface area contributed by atoms with Gasteiger partial charge in [-0.1, -0.05) is 70.4 Å². The molecule has 1 aliphatic carbocycles. The second-order valence-corrected chi connectivity index (χ2v) is 7.38. The third-order valence-corrected chi connectivity index (χ3v) is 5.43. The summed E-state index contributed by atoms with van der Waals surface area (Å²) in [5.74, 6) is 0.957. The zero-order chi connectivity index (χ0) is 17.0. The summed E-state index contributed by atoms with van der Waals surface area (Å²) in [7, 11) is 1.74. The van der Waals surface area contributed by atoms with Crippen LogP contribution in [0.1, 0.15) is 83.1 Å². The molecule has 0 saturated heterocycles. The first-order valence-electron chi connectivity index (χ1n) is 10.2. The van der Waals surface area contributed by atoms with Crippen molar-refractivity contribution in [1.29, 1.82) is 0 Å². The van der Waals surface area contributed by atoms with Crippen LogP contribution >= 0.6 is 0 Å². The number of hydrogen-bond donors (Lipinski definition) is 0. The normalized spacial score (nSPS) is 15.3. The van der Waals surface area contributed by atoms with E-state index in [4.69, 9.17) is 4.74 Å². The van der Waals surface area contributed by atoms with Crippen molar-refractivity contribution in [3.63, 3.8) is 0 Å². The molecule has 0 amide bonds. The summed E-state index contributed by atoms with van der Waals surface area (Å²) < 4.78 is 5.28. The summed E-state index contributed by atoms with van der Waals surface area (Å²) in [6.07, 6.45) is 15.4. The molecule has 2 heteroatoms. The Morgan fingerprint density at radius 1 is 0.917 bits per heavy atom. The van der Waals surface area contributed by atoms with E-state index >= 15 is 0 Å². The SMILES string of the molecule is CCCCCCCCCN(Cc1ccc(OC)cc1)C1CCCC1. The summed E-state index contributed by atoms with van der Waals surface area (Å²) >= 11 is 0. The second kappa shape index (κ2) is 11.5. The quantitative estimate of drug-likeness (QED) is 0.423. The topological polar surface area (TPSA) is 12.5 Å². The summed E-state index contributed by atoms with van der Waals surface area (Å²) in [6.45, 7) is 4.66. The number of methoxy groups -OCH3 is 1. The molecule has 1 saturated carbocycles. The Morgan fingerprint density at radius 3 is 2.17 bits per heavy atom. The van der Waals surface area contributed by atoms with Crippen LogP contribution in [0.25, 0.3) is 0 Å². The average molecular weight is 332 g/mol. The fourth-order valence-electron chi connectivity index (χ4n) is 3.90. The lowest BCUT2D eigenvalue weighted by Gasteiger charge is -2.29. The van der Waals surface area contributed by atoms with Gasteiger partial charge in [0.2, 0.25) is 0 Å². The Morgan fingerprint density at radius 2 is 1.54 bits per heavy atom. The van der Waals surface area contributed by atoms with Gasteiger partial charge in [0.15, 0.2) is 0 Å². The molecule has 0 aromatic heterocycles. The molecule has 1 fully saturated rings. The standard InChI is InChI=1S/C22H37NO/c1-3-4-5-6-7-8-11-18-23(21-12-9-10-13-21)19-20-14-16-22(24-2)17-15-20/h14-17,21H,3-13,18-19H2,1-2H3. The molecule has 0 unspecified atom stereocenters. The van der Waals surface area contributed by atoms with E-state index in [0.717, 1.165) is 18.3 Å². The van der Waals surface area contributed by atoms with Crippen LogP contribution in [-0.2, 0) is 6.54 Å². The van der Waals surface area contributed by atoms with Gasteiger partial charge in [0.05, 0.1) is 7.11 Å². The van der Waals surface area contributed by atoms with Crippen molar-refractivity contribution in [2.24, 2.45) is 0 Å². The maximum atomic E-state index is 5.28. The largest absolute Gasteiger partial charge is 0.497 e. The van der Waals surface area contributed by atoms with E-state index in [0.29, 0.717) is 0 Å². The van der Waals surface area contributed by atoms with E-state index in [-0.39, 0.29) is 0 Å². The molecule has 0 aliphatic heterocycles. The van der Waals surface area contributed by atoms with Crippen LogP contribution in [0.5, 0.6) is 5.75 Å². The average Bonchev–Trinajstić information content (AvgIpc) is 3.15. The minimum absolute atomic E-state index is 0.812. The Hall–Kier alpha value is -1.02. The molecule has 0 atom stereocenters. The monoisotopic (exact) mass is 331 g/mol. The van der Waals surface area contributed by atoms with Gasteiger partial charge in [0, 0.05) is 12.6 Å². The van der Waals surface area contributed by atoms with E-state index in [1.165, 1.54) is 82.7 Å². The summed E-state index contributed by atoms with van der Waals surface area (Å²) in [4.78, 5) is 2.75. The van der Waals surface area contributed by atoms with Crippen molar-refractivity contribution >= 4 is 0 Å². The fraction of sp³-hybridized carbons (Fsp3) is 0.727. The molecule has 0 N–H and O–H groups in total. The van der Waals surface area contributed by atoms with Crippen LogP contribution < -0.4 is 4.74 Å². The molecule has 2 nitrogen and oxygen atoms in total. The predicted octanol–water partition coefficient (Wildman–Crippen LogP) is 6.19. The molecule has 1 aliphatic rings. The summed E-state index contributed by atoms with van der Waals surface area (Å²) in [5.41, 5.74) is 1.42. The van der Waals surface area contributed by atoms with Crippen LogP contribution in [-0.4, -0.2) is 24.6 Å². The zero-order valence-electron chi connectivity index (χ0n) is 15.9. The zero-order valence-corrected chi connectivity index (χ0v) is 15.9. The smallest absolute Gasteiger partial charge is 0.118 e. The van der Waals surface area contributed by atoms with Gasteiger partial charge in [-0.2, -0.15) is 0 Å². The molecule has 24 heavy (non-hydrogen) atoms. The van der Waals surface area contributed by atoms with Crippen LogP contribution in [0.3, 0.4) is 0 Å². The van der Waals surface area contributed by atoms with Crippen LogP contribution in [0.2, 0.25) is 0 Å². The number of hydrogen-bond acceptors (Lipinski definition) is 2. The minimum Gasteiger partial charge on any atom is -0.497 e. The van der Waals surface area contributed by atoms with Crippen LogP contribution in [0, 0.1) is 0 Å². The maximum Gasteiger partial charge on any atom is 0.118 e. The first-order valence-corrected chi connectivity index (χ1v) is 10.2. The molecule has 0 heterocycles. The molecule has 0 radical (unpaired) electrons. The highest BCUT2D eigenvalue weighted by Gasteiger charge is 2.22. The molecule has 1 aromatic carbocycles. The number of benzene rings is 1. The van der Waals surface area contributed by atoms with Crippen LogP contribution in [0.15, 0.2) is 24.3 Å². The number of ether oxygens (including phenoxy) is 1. The van der Waals surface area contributed by atoms with Gasteiger partial charge in [-0.15, -0.1) is 0 Å². The predicted molar refractivity (Wildman–Crippen MR) is 104 cm³/mol. The third-order valence-electron chi connectivity index (χ3n) is 5.43. The Labute approximate surface area is 149 Å². The Kier molecular flexibility index (Phi) is 9.27. The summed E-state index contributed by atoms with van der Waals surface area (Å²) in [5, 5.41) is 0. The molecular weight excluding hydrogens is 294 g/mol. The van der Waals surface area contributed by atoms with E-state index in [2.05, 4.69) is 36.1 Å². The lowest BCUT2D eigenvalue weighted by atomic mass is 10.1. The summed E-state index contributed by atoms with van der Waals surface area (Å²) in [6, 6.07) is 9.45. The van der Waals surface area contributed by atoms with Gasteiger partial charge in [0.25, 0.3) is 0 Å². The number of unbranched alkanes of at least 4 members (excludes halogenated alkanes) is 6. The highest BCUT2D eigenvalue weighted by atomic mass is 16.5. The lowest BCUT2D eigenvalue weighted by Crippen LogP contribution is -2.33. The van der Waals surface area contributed by atoms with Crippen molar-refractivity contribution in [2.45, 2.75) is 90.1 Å². The second-order valence-electron chi connectivity index (χ2n) is 7.38. The minimum atomic E-state index is 0.812. The molecule has 1 aromatic rings. The fourth-order valence-corrected chi connectivity index (χ4v) is 3.90. The number of rotatable bonds is 12. The van der Waals surface area contributed by atoms with Gasteiger partial charge >= 0.3 is 0 Å². The Bertz CT molecular complexity index is 422. The number of nitrogens with zero attached hydrogens (tertiary/aromatic N) is 1. The van der Waals surface area contributed by atoms with E-state index in [1.807, 2.05) is 0 Å². The molecule has 0 spiro atoms. The first kappa shape index (κ1) is 19.3. The highest BCUT2D eigenvalue weighted by Crippen LogP contribution is 2.26. The maximum absolute atomic E-state index is 5.28. The van der Waals surface area contributed by atoms with Gasteiger partial charge in [-0.3, -0.25) is 4.90 Å². The van der Waals surface area contributed by atoms with E-state index in [1.54, 1.807) is 7.11 Å². The Balaban J connectivity index is 1.76. The molecule has 2 rings (SSSR count). The van der Waals surface area contributed by atoms with Gasteiger partial charge in [-0.05, 0) is 43.5 Å². The van der Waals surface area contributed by atoms with Gasteiger partial charge < -0.3 is 4.74 Å². The van der Waals surface area contributed by atoms with Crippen molar-refractivity contribution in [1.82, 2.24) is 4.90 Å². The van der Waals surface area contributed by atoms with Gasteiger partial charge in [0.1, 0.15) is 5.75 Å². The van der Waals surface area contributed by atoms with Crippen molar-refractivity contribution < 1.29 is 4.74 Å². The van der Waals surface area contributed by atoms with Gasteiger partial charge in [-0.25, -0.2) is 0 Å². The molecule has 0 bridgehead atoms. The van der Waals surface area contributed by atoms with E-state index in [9.17, 15) is 0 Å². The highest BCUT2D eigenvalue weighted by molar-refractivity contribution is 5.27. The first-order chi connectivity index (χ1) is 11.8. The van der Waals surface area contributed by atoms with Crippen molar-refractivity contribution in [2.75, 3.05) is 13.7 Å². The molecular formula is C22H37NO. The lowest BCUT2D eigenvalue weighted by molar-refractivity contribution is 0.185. The molecule has 136 valence electrons. The third kappa shape index (κ3) is 6.84.